The monoisotopic (exact) mass is 400 g/mol. The molecule has 1 aromatic heterocycles. The summed E-state index contributed by atoms with van der Waals surface area (Å²) in [5, 5.41) is 16.2. The summed E-state index contributed by atoms with van der Waals surface area (Å²) < 4.78 is 5.69. The molecule has 30 heavy (non-hydrogen) atoms. The Labute approximate surface area is 172 Å². The number of H-pyrrole nitrogens is 1. The molecule has 1 aliphatic rings. The third kappa shape index (κ3) is 3.04. The number of hydrogen-bond donors (Lipinski definition) is 3. The van der Waals surface area contributed by atoms with Gasteiger partial charge in [-0.05, 0) is 35.4 Å². The smallest absolute Gasteiger partial charge is 0.247 e. The van der Waals surface area contributed by atoms with E-state index in [-0.39, 0.29) is 11.8 Å². The van der Waals surface area contributed by atoms with E-state index >= 15 is 0 Å². The number of methoxy groups -OCH3 is 1. The summed E-state index contributed by atoms with van der Waals surface area (Å²) in [4.78, 5) is 24.0. The lowest BCUT2D eigenvalue weighted by molar-refractivity contribution is -0.122. The van der Waals surface area contributed by atoms with Crippen LogP contribution in [0.25, 0.3) is 32.9 Å². The average molecular weight is 400 g/mol. The highest BCUT2D eigenvalue weighted by Crippen LogP contribution is 2.39. The molecule has 0 bridgehead atoms. The number of nitrogens with one attached hydrogen (secondary N) is 3. The van der Waals surface area contributed by atoms with Gasteiger partial charge in [-0.2, -0.15) is 5.10 Å². The standard InChI is InChI=1S/C23H20N4O3/c1-30-22-17(25-23(29)18-10-11-19(28)24-18)9-8-16-20(22)21(27-26-16)15-7-6-13-4-2-3-5-14(13)12-15/h2-9,12,18H,10-11H2,1H3,(H,24,28)(H,25,29)(H,26,27). The second-order valence-corrected chi connectivity index (χ2v) is 7.35. The van der Waals surface area contributed by atoms with E-state index in [1.54, 1.807) is 13.2 Å². The number of fused-ring (bicyclic) bond motifs is 2. The molecule has 1 atom stereocenters. The quantitative estimate of drug-likeness (QED) is 0.488. The predicted octanol–water partition coefficient (Wildman–Crippen LogP) is 3.61. The number of aromatic nitrogens is 2. The van der Waals surface area contributed by atoms with E-state index in [2.05, 4.69) is 45.1 Å². The van der Waals surface area contributed by atoms with E-state index < -0.39 is 6.04 Å². The summed E-state index contributed by atoms with van der Waals surface area (Å²) in [6.07, 6.45) is 0.853. The van der Waals surface area contributed by atoms with Crippen LogP contribution in [0.15, 0.2) is 54.6 Å². The highest BCUT2D eigenvalue weighted by Gasteiger charge is 2.28. The van der Waals surface area contributed by atoms with Crippen molar-refractivity contribution in [2.75, 3.05) is 12.4 Å². The fourth-order valence-corrected chi connectivity index (χ4v) is 3.97. The molecule has 1 saturated heterocycles. The van der Waals surface area contributed by atoms with Gasteiger partial charge in [0.1, 0.15) is 11.7 Å². The fourth-order valence-electron chi connectivity index (χ4n) is 3.97. The van der Waals surface area contributed by atoms with Gasteiger partial charge >= 0.3 is 0 Å². The van der Waals surface area contributed by atoms with Crippen molar-refractivity contribution in [2.45, 2.75) is 18.9 Å². The van der Waals surface area contributed by atoms with Crippen LogP contribution in [-0.4, -0.2) is 35.2 Å². The normalized spacial score (nSPS) is 16.0. The highest BCUT2D eigenvalue weighted by molar-refractivity contribution is 6.06. The van der Waals surface area contributed by atoms with Crippen LogP contribution in [0.5, 0.6) is 5.75 Å². The van der Waals surface area contributed by atoms with Crippen molar-refractivity contribution < 1.29 is 14.3 Å². The van der Waals surface area contributed by atoms with Gasteiger partial charge in [0.25, 0.3) is 0 Å². The molecule has 4 aromatic rings. The van der Waals surface area contributed by atoms with Gasteiger partial charge in [-0.15, -0.1) is 0 Å². The Morgan fingerprint density at radius 1 is 1.13 bits per heavy atom. The van der Waals surface area contributed by atoms with Gasteiger partial charge in [-0.3, -0.25) is 14.7 Å². The maximum absolute atomic E-state index is 12.6. The molecule has 1 fully saturated rings. The Hall–Kier alpha value is -3.87. The molecule has 1 aliphatic heterocycles. The van der Waals surface area contributed by atoms with Crippen LogP contribution in [0, 0.1) is 0 Å². The Bertz CT molecular complexity index is 1290. The Morgan fingerprint density at radius 3 is 2.73 bits per heavy atom. The van der Waals surface area contributed by atoms with Crippen molar-refractivity contribution >= 4 is 39.2 Å². The topological polar surface area (TPSA) is 96.1 Å². The third-order valence-corrected chi connectivity index (χ3v) is 5.48. The summed E-state index contributed by atoms with van der Waals surface area (Å²) in [6.45, 7) is 0. The number of carbonyl (C=O) groups excluding carboxylic acids is 2. The van der Waals surface area contributed by atoms with Gasteiger partial charge in [-0.1, -0.05) is 36.4 Å². The van der Waals surface area contributed by atoms with Crippen molar-refractivity contribution in [3.05, 3.63) is 54.6 Å². The SMILES string of the molecule is COc1c(NC(=O)C2CCC(=O)N2)ccc2[nH]nc(-c3ccc4ccccc4c3)c12. The molecule has 1 unspecified atom stereocenters. The van der Waals surface area contributed by atoms with E-state index in [0.29, 0.717) is 24.3 Å². The van der Waals surface area contributed by atoms with Crippen molar-refractivity contribution in [3.8, 4) is 17.0 Å². The maximum atomic E-state index is 12.6. The predicted molar refractivity (Wildman–Crippen MR) is 115 cm³/mol. The molecule has 5 rings (SSSR count). The molecule has 150 valence electrons. The van der Waals surface area contributed by atoms with Crippen LogP contribution in [-0.2, 0) is 9.59 Å². The summed E-state index contributed by atoms with van der Waals surface area (Å²) in [5.41, 5.74) is 3.05. The van der Waals surface area contributed by atoms with Crippen LogP contribution in [0.1, 0.15) is 12.8 Å². The van der Waals surface area contributed by atoms with Gasteiger partial charge in [0, 0.05) is 12.0 Å². The van der Waals surface area contributed by atoms with Crippen molar-refractivity contribution in [1.82, 2.24) is 15.5 Å². The second-order valence-electron chi connectivity index (χ2n) is 7.35. The first-order valence-corrected chi connectivity index (χ1v) is 9.78. The number of ether oxygens (including phenoxy) is 1. The first-order chi connectivity index (χ1) is 14.6. The van der Waals surface area contributed by atoms with E-state index in [9.17, 15) is 9.59 Å². The maximum Gasteiger partial charge on any atom is 0.247 e. The molecule has 3 aromatic carbocycles. The summed E-state index contributed by atoms with van der Waals surface area (Å²) in [7, 11) is 1.57. The van der Waals surface area contributed by atoms with Gasteiger partial charge in [0.2, 0.25) is 11.8 Å². The molecular formula is C23H20N4O3. The first kappa shape index (κ1) is 18.2. The first-order valence-electron chi connectivity index (χ1n) is 9.78. The molecule has 7 heteroatoms. The third-order valence-electron chi connectivity index (χ3n) is 5.48. The highest BCUT2D eigenvalue weighted by atomic mass is 16.5. The number of benzene rings is 3. The minimum Gasteiger partial charge on any atom is -0.494 e. The lowest BCUT2D eigenvalue weighted by atomic mass is 10.0. The minimum absolute atomic E-state index is 0.106. The molecule has 0 saturated carbocycles. The number of aromatic amines is 1. The number of amides is 2. The van der Waals surface area contributed by atoms with Gasteiger partial charge in [0.05, 0.1) is 23.7 Å². The van der Waals surface area contributed by atoms with Crippen LogP contribution < -0.4 is 15.4 Å². The molecule has 0 aliphatic carbocycles. The number of hydrogen-bond acceptors (Lipinski definition) is 4. The van der Waals surface area contributed by atoms with Gasteiger partial charge in [-0.25, -0.2) is 0 Å². The Kier molecular flexibility index (Phi) is 4.35. The van der Waals surface area contributed by atoms with Crippen molar-refractivity contribution in [3.63, 3.8) is 0 Å². The molecule has 0 radical (unpaired) electrons. The Balaban J connectivity index is 1.57. The van der Waals surface area contributed by atoms with Crippen LogP contribution in [0.4, 0.5) is 5.69 Å². The van der Waals surface area contributed by atoms with Crippen LogP contribution in [0.3, 0.4) is 0 Å². The summed E-state index contributed by atoms with van der Waals surface area (Å²) in [5.74, 6) is 0.169. The van der Waals surface area contributed by atoms with E-state index in [4.69, 9.17) is 4.74 Å². The van der Waals surface area contributed by atoms with Gasteiger partial charge < -0.3 is 15.4 Å². The van der Waals surface area contributed by atoms with Crippen molar-refractivity contribution in [2.24, 2.45) is 0 Å². The number of anilines is 1. The zero-order valence-electron chi connectivity index (χ0n) is 16.4. The van der Waals surface area contributed by atoms with Crippen LogP contribution in [0.2, 0.25) is 0 Å². The lowest BCUT2D eigenvalue weighted by Gasteiger charge is -2.15. The molecular weight excluding hydrogens is 380 g/mol. The van der Waals surface area contributed by atoms with E-state index in [0.717, 1.165) is 32.9 Å². The lowest BCUT2D eigenvalue weighted by Crippen LogP contribution is -2.37. The summed E-state index contributed by atoms with van der Waals surface area (Å²) in [6, 6.07) is 17.4. The van der Waals surface area contributed by atoms with Crippen molar-refractivity contribution in [1.29, 1.82) is 0 Å². The molecule has 3 N–H and O–H groups in total. The zero-order chi connectivity index (χ0) is 20.7. The molecule has 0 spiro atoms. The number of nitrogens with zero attached hydrogens (tertiary/aromatic N) is 1. The molecule has 2 amide bonds. The van der Waals surface area contributed by atoms with Crippen LogP contribution >= 0.6 is 0 Å². The minimum atomic E-state index is -0.526. The second kappa shape index (κ2) is 7.18. The average Bonchev–Trinajstić information content (AvgIpc) is 3.40. The van der Waals surface area contributed by atoms with E-state index in [1.165, 1.54) is 0 Å². The fraction of sp³-hybridized carbons (Fsp3) is 0.174. The largest absolute Gasteiger partial charge is 0.494 e. The molecule has 7 nitrogen and oxygen atoms in total. The van der Waals surface area contributed by atoms with Gasteiger partial charge in [0.15, 0.2) is 5.75 Å². The summed E-state index contributed by atoms with van der Waals surface area (Å²) >= 11 is 0. The van der Waals surface area contributed by atoms with E-state index in [1.807, 2.05) is 24.3 Å². The number of carbonyl (C=O) groups is 2. The zero-order valence-corrected chi connectivity index (χ0v) is 16.4. The molecule has 2 heterocycles. The number of rotatable bonds is 4. The Morgan fingerprint density at radius 2 is 1.97 bits per heavy atom.